The van der Waals surface area contributed by atoms with Crippen molar-refractivity contribution in [3.05, 3.63) is 53.9 Å². The first-order chi connectivity index (χ1) is 11.1. The fraction of sp³-hybridized carbons (Fsp3) is 0.125. The summed E-state index contributed by atoms with van der Waals surface area (Å²) in [5, 5.41) is 17.6. The van der Waals surface area contributed by atoms with Crippen LogP contribution in [0.25, 0.3) is 5.65 Å². The molecule has 6 nitrogen and oxygen atoms in total. The van der Waals surface area contributed by atoms with E-state index in [1.165, 1.54) is 0 Å². The summed E-state index contributed by atoms with van der Waals surface area (Å²) in [6, 6.07) is 11.2. The molecule has 0 atom stereocenters. The lowest BCUT2D eigenvalue weighted by molar-refractivity contribution is 0.0692. The smallest absolute Gasteiger partial charge is 0.358 e. The van der Waals surface area contributed by atoms with E-state index in [4.69, 9.17) is 0 Å². The highest BCUT2D eigenvalue weighted by molar-refractivity contribution is 7.98. The molecule has 0 spiro atoms. The number of carboxylic acids is 1. The maximum Gasteiger partial charge on any atom is 0.358 e. The van der Waals surface area contributed by atoms with Crippen molar-refractivity contribution in [2.75, 3.05) is 6.26 Å². The molecule has 2 heterocycles. The topological polar surface area (TPSA) is 79.3 Å². The minimum absolute atomic E-state index is 0.111. The summed E-state index contributed by atoms with van der Waals surface area (Å²) in [6.45, 7) is 1.92. The molecule has 0 amide bonds. The van der Waals surface area contributed by atoms with Crippen LogP contribution in [-0.2, 0) is 0 Å². The largest absolute Gasteiger partial charge is 0.476 e. The molecule has 0 unspecified atom stereocenters. The first-order valence-electron chi connectivity index (χ1n) is 6.86. The van der Waals surface area contributed by atoms with Crippen LogP contribution in [0.3, 0.4) is 0 Å². The number of nitrogens with zero attached hydrogens (tertiary/aromatic N) is 4. The number of benzene rings is 1. The third-order valence-electron chi connectivity index (χ3n) is 3.27. The monoisotopic (exact) mass is 326 g/mol. The highest BCUT2D eigenvalue weighted by Gasteiger charge is 2.18. The van der Waals surface area contributed by atoms with E-state index in [9.17, 15) is 9.90 Å². The van der Waals surface area contributed by atoms with Gasteiger partial charge in [-0.05, 0) is 49.1 Å². The number of rotatable bonds is 4. The number of aromatic nitrogens is 2. The summed E-state index contributed by atoms with van der Waals surface area (Å²) in [4.78, 5) is 16.6. The molecule has 0 aliphatic carbocycles. The Bertz CT molecular complexity index is 918. The van der Waals surface area contributed by atoms with Crippen molar-refractivity contribution in [2.45, 2.75) is 11.8 Å². The van der Waals surface area contributed by atoms with Gasteiger partial charge in [-0.25, -0.2) is 9.78 Å². The van der Waals surface area contributed by atoms with Gasteiger partial charge >= 0.3 is 5.97 Å². The van der Waals surface area contributed by atoms with Crippen LogP contribution in [0.2, 0.25) is 0 Å². The van der Waals surface area contributed by atoms with Crippen molar-refractivity contribution in [3.8, 4) is 0 Å². The van der Waals surface area contributed by atoms with Gasteiger partial charge in [-0.15, -0.1) is 22.0 Å². The molecule has 7 heteroatoms. The summed E-state index contributed by atoms with van der Waals surface area (Å²) in [7, 11) is 0. The quantitative estimate of drug-likeness (QED) is 0.566. The third kappa shape index (κ3) is 3.09. The molecular formula is C16H14N4O2S. The molecule has 23 heavy (non-hydrogen) atoms. The fourth-order valence-electron chi connectivity index (χ4n) is 2.15. The highest BCUT2D eigenvalue weighted by atomic mass is 32.2. The molecular weight excluding hydrogens is 312 g/mol. The Morgan fingerprint density at radius 1 is 1.26 bits per heavy atom. The Kier molecular flexibility index (Phi) is 4.12. The van der Waals surface area contributed by atoms with Crippen LogP contribution >= 0.6 is 11.8 Å². The number of carbonyl (C=O) groups is 1. The van der Waals surface area contributed by atoms with Crippen molar-refractivity contribution >= 4 is 34.9 Å². The summed E-state index contributed by atoms with van der Waals surface area (Å²) in [5.74, 6) is -0.916. The van der Waals surface area contributed by atoms with Gasteiger partial charge in [0, 0.05) is 11.1 Å². The lowest BCUT2D eigenvalue weighted by atomic mass is 10.3. The van der Waals surface area contributed by atoms with E-state index < -0.39 is 5.97 Å². The fourth-order valence-corrected chi connectivity index (χ4v) is 2.60. The van der Waals surface area contributed by atoms with Gasteiger partial charge in [-0.1, -0.05) is 6.07 Å². The van der Waals surface area contributed by atoms with Gasteiger partial charge < -0.3 is 5.11 Å². The Morgan fingerprint density at radius 2 is 2.09 bits per heavy atom. The van der Waals surface area contributed by atoms with Gasteiger partial charge in [0.05, 0.1) is 5.69 Å². The lowest BCUT2D eigenvalue weighted by Gasteiger charge is -1.99. The zero-order valence-electron chi connectivity index (χ0n) is 12.6. The molecule has 1 aromatic carbocycles. The zero-order chi connectivity index (χ0) is 16.4. The van der Waals surface area contributed by atoms with E-state index in [1.54, 1.807) is 28.4 Å². The molecule has 1 N–H and O–H groups in total. The van der Waals surface area contributed by atoms with Gasteiger partial charge in [-0.2, -0.15) is 0 Å². The number of azo groups is 1. The maximum atomic E-state index is 11.4. The van der Waals surface area contributed by atoms with Gasteiger partial charge in [0.15, 0.2) is 11.5 Å². The molecule has 0 aliphatic rings. The second-order valence-electron chi connectivity index (χ2n) is 4.92. The normalized spacial score (nSPS) is 11.4. The van der Waals surface area contributed by atoms with E-state index in [0.29, 0.717) is 11.3 Å². The number of hydrogen-bond donors (Lipinski definition) is 1. The molecule has 0 radical (unpaired) electrons. The van der Waals surface area contributed by atoms with E-state index in [0.717, 1.165) is 10.5 Å². The van der Waals surface area contributed by atoms with Crippen molar-refractivity contribution in [1.82, 2.24) is 9.38 Å². The number of imidazole rings is 1. The van der Waals surface area contributed by atoms with E-state index in [2.05, 4.69) is 15.2 Å². The molecule has 116 valence electrons. The van der Waals surface area contributed by atoms with Gasteiger partial charge in [0.25, 0.3) is 0 Å². The highest BCUT2D eigenvalue weighted by Crippen LogP contribution is 2.26. The predicted octanol–water partition coefficient (Wildman–Crippen LogP) is 4.48. The SMILES string of the molecule is CSc1cccc(N=Nc2c(C(=O)O)nc3cc(C)ccn23)c1. The first kappa shape index (κ1) is 15.2. The molecule has 0 saturated carbocycles. The Hall–Kier alpha value is -2.67. The molecule has 3 rings (SSSR count). The number of carboxylic acid groups (broad SMARTS) is 1. The van der Waals surface area contributed by atoms with Crippen LogP contribution in [0.1, 0.15) is 16.1 Å². The van der Waals surface area contributed by atoms with Gasteiger partial charge in [0.1, 0.15) is 5.65 Å². The number of pyridine rings is 1. The van der Waals surface area contributed by atoms with Crippen molar-refractivity contribution < 1.29 is 9.90 Å². The van der Waals surface area contributed by atoms with Crippen LogP contribution < -0.4 is 0 Å². The van der Waals surface area contributed by atoms with Crippen LogP contribution in [0, 0.1) is 6.92 Å². The van der Waals surface area contributed by atoms with Crippen LogP contribution in [0.4, 0.5) is 11.5 Å². The second kappa shape index (κ2) is 6.21. The zero-order valence-corrected chi connectivity index (χ0v) is 13.4. The second-order valence-corrected chi connectivity index (χ2v) is 5.80. The lowest BCUT2D eigenvalue weighted by Crippen LogP contribution is -1.96. The minimum atomic E-state index is -1.13. The molecule has 0 bridgehead atoms. The first-order valence-corrected chi connectivity index (χ1v) is 8.09. The Balaban J connectivity index is 2.09. The maximum absolute atomic E-state index is 11.4. The summed E-state index contributed by atoms with van der Waals surface area (Å²) < 4.78 is 1.62. The average molecular weight is 326 g/mol. The van der Waals surface area contributed by atoms with E-state index in [-0.39, 0.29) is 11.5 Å². The van der Waals surface area contributed by atoms with Gasteiger partial charge in [-0.3, -0.25) is 4.40 Å². The Labute approximate surface area is 136 Å². The molecule has 0 fully saturated rings. The minimum Gasteiger partial charge on any atom is -0.476 e. The number of thioether (sulfide) groups is 1. The molecule has 2 aromatic heterocycles. The summed E-state index contributed by atoms with van der Waals surface area (Å²) >= 11 is 1.61. The third-order valence-corrected chi connectivity index (χ3v) is 4.00. The summed E-state index contributed by atoms with van der Waals surface area (Å²) in [5.41, 5.74) is 2.08. The van der Waals surface area contributed by atoms with Gasteiger partial charge in [0.2, 0.25) is 0 Å². The summed E-state index contributed by atoms with van der Waals surface area (Å²) in [6.07, 6.45) is 3.72. The van der Waals surface area contributed by atoms with Crippen LogP contribution in [0.5, 0.6) is 0 Å². The van der Waals surface area contributed by atoms with Crippen molar-refractivity contribution in [1.29, 1.82) is 0 Å². The predicted molar refractivity (Wildman–Crippen MR) is 89.3 cm³/mol. The standard InChI is InChI=1S/C16H14N4O2S/c1-10-6-7-20-13(8-10)17-14(16(21)22)15(20)19-18-11-4-3-5-12(9-11)23-2/h3-9H,1-2H3,(H,21,22). The molecule has 0 saturated heterocycles. The number of fused-ring (bicyclic) bond motifs is 1. The number of hydrogen-bond acceptors (Lipinski definition) is 5. The molecule has 3 aromatic rings. The van der Waals surface area contributed by atoms with Crippen molar-refractivity contribution in [2.24, 2.45) is 10.2 Å². The van der Waals surface area contributed by atoms with Crippen molar-refractivity contribution in [3.63, 3.8) is 0 Å². The molecule has 0 aliphatic heterocycles. The van der Waals surface area contributed by atoms with E-state index >= 15 is 0 Å². The number of aryl methyl sites for hydroxylation is 1. The average Bonchev–Trinajstić information content (AvgIpc) is 2.91. The van der Waals surface area contributed by atoms with Crippen LogP contribution in [-0.4, -0.2) is 26.7 Å². The number of aromatic carboxylic acids is 1. The van der Waals surface area contributed by atoms with Crippen LogP contribution in [0.15, 0.2) is 57.7 Å². The van der Waals surface area contributed by atoms with E-state index in [1.807, 2.05) is 43.5 Å². The Morgan fingerprint density at radius 3 is 2.83 bits per heavy atom.